The van der Waals surface area contributed by atoms with Crippen molar-refractivity contribution in [1.29, 1.82) is 0 Å². The number of hydrogen-bond acceptors (Lipinski definition) is 2. The highest BCUT2D eigenvalue weighted by molar-refractivity contribution is 7.15. The molecule has 0 radical (unpaired) electrons. The third kappa shape index (κ3) is 5.51. The molecule has 2 aromatic rings. The fraction of sp³-hybridized carbons (Fsp3) is 0.0667. The summed E-state index contributed by atoms with van der Waals surface area (Å²) in [7, 11) is 4.29. The van der Waals surface area contributed by atoms with Crippen molar-refractivity contribution < 1.29 is 9.59 Å². The van der Waals surface area contributed by atoms with Gasteiger partial charge >= 0.3 is 12.1 Å². The maximum Gasteiger partial charge on any atom is 0.322 e. The maximum atomic E-state index is 11.2. The maximum absolute atomic E-state index is 11.2. The van der Waals surface area contributed by atoms with Gasteiger partial charge < -0.3 is 20.8 Å². The lowest BCUT2D eigenvalue weighted by Gasteiger charge is -2.07. The van der Waals surface area contributed by atoms with Crippen LogP contribution in [0.4, 0.5) is 21.0 Å². The molecule has 0 saturated carbocycles. The van der Waals surface area contributed by atoms with E-state index >= 15 is 0 Å². The lowest BCUT2D eigenvalue weighted by molar-refractivity contribution is 0.256. The lowest BCUT2D eigenvalue weighted by Crippen LogP contribution is -2.19. The second-order valence-electron chi connectivity index (χ2n) is 4.77. The number of nitrogens with one attached hydrogen (secondary N) is 4. The van der Waals surface area contributed by atoms with Crippen LogP contribution in [-0.2, 0) is 6.42 Å². The Bertz CT molecular complexity index is 615. The van der Waals surface area contributed by atoms with Crippen molar-refractivity contribution in [3.8, 4) is 0 Å². The van der Waals surface area contributed by atoms with Gasteiger partial charge in [-0.1, -0.05) is 24.3 Å². The first kappa shape index (κ1) is 17.2. The first-order chi connectivity index (χ1) is 11.1. The van der Waals surface area contributed by atoms with E-state index in [0.29, 0.717) is 0 Å². The van der Waals surface area contributed by atoms with Crippen LogP contribution in [0.15, 0.2) is 48.5 Å². The van der Waals surface area contributed by atoms with Crippen LogP contribution >= 0.6 is 18.8 Å². The first-order valence-corrected chi connectivity index (χ1v) is 7.99. The molecule has 23 heavy (non-hydrogen) atoms. The second-order valence-corrected chi connectivity index (χ2v) is 5.34. The normalized spacial score (nSPS) is 9.83. The van der Waals surface area contributed by atoms with Crippen molar-refractivity contribution in [2.24, 2.45) is 0 Å². The molecule has 2 unspecified atom stereocenters. The Morgan fingerprint density at radius 3 is 1.35 bits per heavy atom. The number of hydrogen-bond donors (Lipinski definition) is 4. The molecule has 0 heterocycles. The molecule has 2 aromatic carbocycles. The van der Waals surface area contributed by atoms with Crippen LogP contribution in [0.5, 0.6) is 0 Å². The molecule has 0 aliphatic rings. The van der Waals surface area contributed by atoms with Gasteiger partial charge in [-0.25, -0.2) is 9.59 Å². The van der Waals surface area contributed by atoms with E-state index in [4.69, 9.17) is 0 Å². The lowest BCUT2D eigenvalue weighted by atomic mass is 10.0. The minimum Gasteiger partial charge on any atom is -0.323 e. The topological polar surface area (TPSA) is 82.3 Å². The molecule has 0 aliphatic heterocycles. The van der Waals surface area contributed by atoms with E-state index < -0.39 is 0 Å². The van der Waals surface area contributed by atoms with Crippen LogP contribution < -0.4 is 20.8 Å². The van der Waals surface area contributed by atoms with Crippen LogP contribution in [0, 0.1) is 0 Å². The Hall–Kier alpha value is -2.16. The van der Waals surface area contributed by atoms with Gasteiger partial charge in [-0.2, -0.15) is 0 Å². The average molecular weight is 348 g/mol. The predicted molar refractivity (Wildman–Crippen MR) is 99.4 cm³/mol. The van der Waals surface area contributed by atoms with E-state index in [2.05, 4.69) is 39.6 Å². The van der Waals surface area contributed by atoms with Crippen molar-refractivity contribution in [2.75, 3.05) is 10.6 Å². The third-order valence-corrected chi connectivity index (χ3v) is 3.62. The summed E-state index contributed by atoms with van der Waals surface area (Å²) in [4.78, 5) is 22.4. The number of carbonyl (C=O) groups is 2. The number of rotatable bonds is 4. The molecule has 0 spiro atoms. The third-order valence-electron chi connectivity index (χ3n) is 3.09. The van der Waals surface area contributed by atoms with Gasteiger partial charge in [0.1, 0.15) is 0 Å². The number of anilines is 2. The zero-order chi connectivity index (χ0) is 16.7. The van der Waals surface area contributed by atoms with Gasteiger partial charge in [-0.05, 0) is 60.6 Å². The molecule has 6 nitrogen and oxygen atoms in total. The highest BCUT2D eigenvalue weighted by Crippen LogP contribution is 2.16. The van der Waals surface area contributed by atoms with E-state index in [1.165, 1.54) is 0 Å². The summed E-state index contributed by atoms with van der Waals surface area (Å²) in [6, 6.07) is 14.7. The standard InChI is InChI=1S/C15H18N4O2P2/c20-14(18-22)16-12-5-1-10(2-6-12)9-11-3-7-13(8-4-11)17-15(21)19-23/h1-8H,9,22-23H2,(H2,16,18,20)(H2,17,19,21). The Balaban J connectivity index is 1.96. The van der Waals surface area contributed by atoms with Crippen LogP contribution in [0.1, 0.15) is 11.1 Å². The minimum absolute atomic E-state index is 0.277. The van der Waals surface area contributed by atoms with E-state index in [-0.39, 0.29) is 12.1 Å². The molecule has 4 amide bonds. The Morgan fingerprint density at radius 2 is 1.04 bits per heavy atom. The summed E-state index contributed by atoms with van der Waals surface area (Å²) in [5, 5.41) is 10.2. The van der Waals surface area contributed by atoms with Crippen LogP contribution in [0.25, 0.3) is 0 Å². The van der Waals surface area contributed by atoms with E-state index in [1.54, 1.807) is 0 Å². The van der Waals surface area contributed by atoms with Gasteiger partial charge in [0.15, 0.2) is 0 Å². The van der Waals surface area contributed by atoms with Gasteiger partial charge in [-0.15, -0.1) is 0 Å². The molecule has 0 aliphatic carbocycles. The van der Waals surface area contributed by atoms with Crippen LogP contribution in [-0.4, -0.2) is 12.1 Å². The summed E-state index contributed by atoms with van der Waals surface area (Å²) in [5.41, 5.74) is 3.73. The molecular formula is C15H18N4O2P2. The number of amides is 4. The molecule has 120 valence electrons. The highest BCUT2D eigenvalue weighted by Gasteiger charge is 2.02. The summed E-state index contributed by atoms with van der Waals surface area (Å²) < 4.78 is 0. The molecule has 0 aromatic heterocycles. The fourth-order valence-corrected chi connectivity index (χ4v) is 2.13. The molecule has 2 rings (SSSR count). The molecule has 2 atom stereocenters. The average Bonchev–Trinajstić information content (AvgIpc) is 2.58. The highest BCUT2D eigenvalue weighted by atomic mass is 31.0. The number of urea groups is 2. The van der Waals surface area contributed by atoms with E-state index in [9.17, 15) is 9.59 Å². The van der Waals surface area contributed by atoms with Crippen molar-refractivity contribution in [3.05, 3.63) is 59.7 Å². The quantitative estimate of drug-likeness (QED) is 0.641. The summed E-state index contributed by atoms with van der Waals surface area (Å²) in [6.45, 7) is 0. The molecular weight excluding hydrogens is 330 g/mol. The Labute approximate surface area is 139 Å². The van der Waals surface area contributed by atoms with Crippen molar-refractivity contribution in [2.45, 2.75) is 6.42 Å². The van der Waals surface area contributed by atoms with Gasteiger partial charge in [0.25, 0.3) is 0 Å². The Morgan fingerprint density at radius 1 is 0.696 bits per heavy atom. The molecule has 8 heteroatoms. The van der Waals surface area contributed by atoms with Crippen molar-refractivity contribution in [1.82, 2.24) is 10.2 Å². The van der Waals surface area contributed by atoms with E-state index in [1.807, 2.05) is 48.5 Å². The smallest absolute Gasteiger partial charge is 0.322 e. The molecule has 4 N–H and O–H groups in total. The summed E-state index contributed by atoms with van der Waals surface area (Å²) >= 11 is 0. The van der Waals surface area contributed by atoms with E-state index in [0.717, 1.165) is 28.9 Å². The zero-order valence-corrected chi connectivity index (χ0v) is 14.6. The number of benzene rings is 2. The van der Waals surface area contributed by atoms with Crippen molar-refractivity contribution in [3.63, 3.8) is 0 Å². The minimum atomic E-state index is -0.277. The van der Waals surface area contributed by atoms with Gasteiger partial charge in [-0.3, -0.25) is 0 Å². The molecule has 0 bridgehead atoms. The van der Waals surface area contributed by atoms with Crippen LogP contribution in [0.3, 0.4) is 0 Å². The molecule has 0 saturated heterocycles. The van der Waals surface area contributed by atoms with Gasteiger partial charge in [0.05, 0.1) is 0 Å². The van der Waals surface area contributed by atoms with Gasteiger partial charge in [0, 0.05) is 11.4 Å². The van der Waals surface area contributed by atoms with Crippen molar-refractivity contribution >= 4 is 42.2 Å². The number of carbonyl (C=O) groups excluding carboxylic acids is 2. The first-order valence-electron chi connectivity index (χ1n) is 6.84. The fourth-order valence-electron chi connectivity index (χ4n) is 1.98. The zero-order valence-electron chi connectivity index (χ0n) is 12.3. The predicted octanol–water partition coefficient (Wildman–Crippen LogP) is 3.10. The molecule has 0 fully saturated rings. The summed E-state index contributed by atoms with van der Waals surface area (Å²) in [5.74, 6) is 0. The van der Waals surface area contributed by atoms with Gasteiger partial charge in [0.2, 0.25) is 0 Å². The summed E-state index contributed by atoms with van der Waals surface area (Å²) in [6.07, 6.45) is 0.770. The SMILES string of the molecule is O=C(NP)Nc1ccc(Cc2ccc(NC(=O)NP)cc2)cc1. The Kier molecular flexibility index (Phi) is 6.33. The van der Waals surface area contributed by atoms with Crippen LogP contribution in [0.2, 0.25) is 0 Å². The second kappa shape index (κ2) is 8.47. The largest absolute Gasteiger partial charge is 0.323 e. The monoisotopic (exact) mass is 348 g/mol.